The Balaban J connectivity index is 1.23. The number of piperidine rings is 1. The lowest BCUT2D eigenvalue weighted by atomic mass is 9.91. The molecule has 4 aromatic rings. The molecule has 4 heterocycles. The van der Waals surface area contributed by atoms with Gasteiger partial charge in [0, 0.05) is 36.7 Å². The second-order valence-electron chi connectivity index (χ2n) is 7.76. The standard InChI is InChI=1S/C22H21FN4O3/c1-14-11-24-27(12-14)13-17-3-5-19(29-17)22(28)26-8-6-15(7-9-26)21-18-4-2-16(23)10-20(18)30-25-21/h2-5,10-12,15H,6-9,13H2,1H3. The number of aromatic nitrogens is 3. The van der Waals surface area contributed by atoms with Gasteiger partial charge in [0.1, 0.15) is 11.6 Å². The van der Waals surface area contributed by atoms with E-state index in [1.165, 1.54) is 12.1 Å². The highest BCUT2D eigenvalue weighted by Gasteiger charge is 2.29. The van der Waals surface area contributed by atoms with Gasteiger partial charge in [-0.3, -0.25) is 9.48 Å². The smallest absolute Gasteiger partial charge is 0.289 e. The number of hydrogen-bond acceptors (Lipinski definition) is 5. The van der Waals surface area contributed by atoms with Crippen LogP contribution in [0.4, 0.5) is 4.39 Å². The van der Waals surface area contributed by atoms with Crippen molar-refractivity contribution >= 4 is 16.9 Å². The van der Waals surface area contributed by atoms with Gasteiger partial charge in [-0.1, -0.05) is 5.16 Å². The van der Waals surface area contributed by atoms with E-state index in [0.717, 1.165) is 29.5 Å². The van der Waals surface area contributed by atoms with Crippen LogP contribution in [0, 0.1) is 12.7 Å². The number of furan rings is 1. The molecule has 0 saturated carbocycles. The number of likely N-dealkylation sites (tertiary alicyclic amines) is 1. The van der Waals surface area contributed by atoms with E-state index in [4.69, 9.17) is 8.94 Å². The maximum Gasteiger partial charge on any atom is 0.289 e. The van der Waals surface area contributed by atoms with Crippen molar-refractivity contribution in [1.29, 1.82) is 0 Å². The van der Waals surface area contributed by atoms with E-state index in [9.17, 15) is 9.18 Å². The van der Waals surface area contributed by atoms with Crippen molar-refractivity contribution in [2.45, 2.75) is 32.2 Å². The minimum atomic E-state index is -0.342. The molecule has 0 N–H and O–H groups in total. The van der Waals surface area contributed by atoms with Gasteiger partial charge in [-0.2, -0.15) is 5.10 Å². The van der Waals surface area contributed by atoms with Crippen molar-refractivity contribution < 1.29 is 18.1 Å². The lowest BCUT2D eigenvalue weighted by Crippen LogP contribution is -2.37. The first kappa shape index (κ1) is 18.6. The van der Waals surface area contributed by atoms with E-state index >= 15 is 0 Å². The zero-order chi connectivity index (χ0) is 20.7. The Bertz CT molecular complexity index is 1200. The number of hydrogen-bond donors (Lipinski definition) is 0. The fraction of sp³-hybridized carbons (Fsp3) is 0.318. The van der Waals surface area contributed by atoms with Crippen LogP contribution in [0.15, 0.2) is 51.7 Å². The van der Waals surface area contributed by atoms with Crippen molar-refractivity contribution in [3.8, 4) is 0 Å². The highest BCUT2D eigenvalue weighted by Crippen LogP contribution is 2.33. The summed E-state index contributed by atoms with van der Waals surface area (Å²) in [7, 11) is 0. The molecule has 0 unspecified atom stereocenters. The van der Waals surface area contributed by atoms with Crippen molar-refractivity contribution in [2.24, 2.45) is 0 Å². The highest BCUT2D eigenvalue weighted by molar-refractivity contribution is 5.91. The predicted molar refractivity (Wildman–Crippen MR) is 107 cm³/mol. The summed E-state index contributed by atoms with van der Waals surface area (Å²) in [5.41, 5.74) is 2.37. The quantitative estimate of drug-likeness (QED) is 0.507. The first-order valence-corrected chi connectivity index (χ1v) is 9.99. The number of halogens is 1. The summed E-state index contributed by atoms with van der Waals surface area (Å²) in [6.45, 7) is 3.67. The summed E-state index contributed by atoms with van der Waals surface area (Å²) in [6.07, 6.45) is 5.25. The Labute approximate surface area is 172 Å². The first-order chi connectivity index (χ1) is 14.6. The average molecular weight is 408 g/mol. The number of fused-ring (bicyclic) bond motifs is 1. The molecule has 1 fully saturated rings. The van der Waals surface area contributed by atoms with Crippen LogP contribution in [0.25, 0.3) is 11.0 Å². The molecule has 30 heavy (non-hydrogen) atoms. The summed E-state index contributed by atoms with van der Waals surface area (Å²) < 4.78 is 26.2. The molecule has 1 aromatic carbocycles. The van der Waals surface area contributed by atoms with Gasteiger partial charge < -0.3 is 13.8 Å². The molecule has 1 amide bonds. The normalized spacial score (nSPS) is 15.2. The summed E-state index contributed by atoms with van der Waals surface area (Å²) >= 11 is 0. The number of amides is 1. The second kappa shape index (κ2) is 7.44. The molecular formula is C22H21FN4O3. The lowest BCUT2D eigenvalue weighted by molar-refractivity contribution is 0.0677. The van der Waals surface area contributed by atoms with Gasteiger partial charge in [-0.25, -0.2) is 4.39 Å². The summed E-state index contributed by atoms with van der Waals surface area (Å²) in [6, 6.07) is 8.02. The molecule has 1 aliphatic heterocycles. The highest BCUT2D eigenvalue weighted by atomic mass is 19.1. The molecule has 0 atom stereocenters. The maximum absolute atomic E-state index is 13.4. The molecule has 0 radical (unpaired) electrons. The van der Waals surface area contributed by atoms with E-state index in [-0.39, 0.29) is 17.6 Å². The van der Waals surface area contributed by atoms with Gasteiger partial charge >= 0.3 is 0 Å². The molecular weight excluding hydrogens is 387 g/mol. The molecule has 8 heteroatoms. The summed E-state index contributed by atoms with van der Waals surface area (Å²) in [5, 5.41) is 9.24. The lowest BCUT2D eigenvalue weighted by Gasteiger charge is -2.30. The van der Waals surface area contributed by atoms with Crippen LogP contribution in [0.1, 0.15) is 46.3 Å². The Morgan fingerprint density at radius 2 is 2.07 bits per heavy atom. The number of carbonyl (C=O) groups excluding carboxylic acids is 1. The zero-order valence-corrected chi connectivity index (χ0v) is 16.5. The minimum Gasteiger partial charge on any atom is -0.454 e. The number of aryl methyl sites for hydroxylation is 1. The number of benzene rings is 1. The third-order valence-electron chi connectivity index (χ3n) is 5.58. The fourth-order valence-corrected chi connectivity index (χ4v) is 4.03. The Morgan fingerprint density at radius 3 is 2.83 bits per heavy atom. The van der Waals surface area contributed by atoms with Gasteiger partial charge in [0.15, 0.2) is 11.3 Å². The third-order valence-corrected chi connectivity index (χ3v) is 5.58. The van der Waals surface area contributed by atoms with Crippen molar-refractivity contribution in [2.75, 3.05) is 13.1 Å². The van der Waals surface area contributed by atoms with Gasteiger partial charge in [0.25, 0.3) is 5.91 Å². The number of rotatable bonds is 4. The Morgan fingerprint density at radius 1 is 1.23 bits per heavy atom. The molecule has 7 nitrogen and oxygen atoms in total. The molecule has 5 rings (SSSR count). The van der Waals surface area contributed by atoms with Gasteiger partial charge in [0.2, 0.25) is 0 Å². The van der Waals surface area contributed by atoms with Crippen LogP contribution < -0.4 is 0 Å². The van der Waals surface area contributed by atoms with Crippen molar-refractivity contribution in [3.63, 3.8) is 0 Å². The Kier molecular flexibility index (Phi) is 4.61. The van der Waals surface area contributed by atoms with Crippen LogP contribution in [0.2, 0.25) is 0 Å². The molecule has 0 aliphatic carbocycles. The first-order valence-electron chi connectivity index (χ1n) is 9.99. The molecule has 0 spiro atoms. The van der Waals surface area contributed by atoms with Crippen LogP contribution in [0.3, 0.4) is 0 Å². The van der Waals surface area contributed by atoms with Crippen molar-refractivity contribution in [3.05, 3.63) is 71.3 Å². The van der Waals surface area contributed by atoms with Crippen LogP contribution in [-0.2, 0) is 6.54 Å². The largest absolute Gasteiger partial charge is 0.454 e. The minimum absolute atomic E-state index is 0.108. The molecule has 0 bridgehead atoms. The fourth-order valence-electron chi connectivity index (χ4n) is 4.03. The van der Waals surface area contributed by atoms with Gasteiger partial charge in [-0.05, 0) is 49.6 Å². The Hall–Kier alpha value is -3.42. The van der Waals surface area contributed by atoms with Gasteiger partial charge in [-0.15, -0.1) is 0 Å². The molecule has 1 aliphatic rings. The number of carbonyl (C=O) groups is 1. The monoisotopic (exact) mass is 408 g/mol. The van der Waals surface area contributed by atoms with E-state index in [1.54, 1.807) is 27.9 Å². The second-order valence-corrected chi connectivity index (χ2v) is 7.76. The van der Waals surface area contributed by atoms with Crippen LogP contribution in [-0.4, -0.2) is 38.8 Å². The zero-order valence-electron chi connectivity index (χ0n) is 16.5. The summed E-state index contributed by atoms with van der Waals surface area (Å²) in [5.74, 6) is 0.762. The number of nitrogens with zero attached hydrogens (tertiary/aromatic N) is 4. The van der Waals surface area contributed by atoms with Crippen LogP contribution in [0.5, 0.6) is 0 Å². The van der Waals surface area contributed by atoms with Gasteiger partial charge in [0.05, 0.1) is 18.4 Å². The third kappa shape index (κ3) is 3.49. The average Bonchev–Trinajstić information content (AvgIpc) is 3.48. The van der Waals surface area contributed by atoms with E-state index in [2.05, 4.69) is 10.3 Å². The van der Waals surface area contributed by atoms with E-state index in [0.29, 0.717) is 36.7 Å². The molecule has 1 saturated heterocycles. The predicted octanol–water partition coefficient (Wildman–Crippen LogP) is 4.13. The van der Waals surface area contributed by atoms with E-state index in [1.807, 2.05) is 19.2 Å². The molecule has 3 aromatic heterocycles. The molecule has 154 valence electrons. The maximum atomic E-state index is 13.4. The van der Waals surface area contributed by atoms with Crippen LogP contribution >= 0.6 is 0 Å². The van der Waals surface area contributed by atoms with Crippen molar-refractivity contribution in [1.82, 2.24) is 19.8 Å². The van der Waals surface area contributed by atoms with E-state index < -0.39 is 0 Å². The topological polar surface area (TPSA) is 77.3 Å². The SMILES string of the molecule is Cc1cnn(Cc2ccc(C(=O)N3CCC(c4noc5cc(F)ccc45)CC3)o2)c1. The summed E-state index contributed by atoms with van der Waals surface area (Å²) in [4.78, 5) is 14.7.